The van der Waals surface area contributed by atoms with Crippen LogP contribution in [0.2, 0.25) is 0 Å². The molecule has 1 aliphatic carbocycles. The number of ether oxygens (including phenoxy) is 8. The maximum atomic E-state index is 13.9. The molecule has 131 heavy (non-hydrogen) atoms. The minimum absolute atomic E-state index is 0.00529. The van der Waals surface area contributed by atoms with E-state index in [9.17, 15) is 40.2 Å². The van der Waals surface area contributed by atoms with E-state index in [4.69, 9.17) is 75.8 Å². The van der Waals surface area contributed by atoms with Crippen molar-refractivity contribution in [1.82, 2.24) is 89.5 Å². The van der Waals surface area contributed by atoms with Crippen molar-refractivity contribution in [3.63, 3.8) is 0 Å². The number of fused-ring (bicyclic) bond motifs is 2. The summed E-state index contributed by atoms with van der Waals surface area (Å²) in [5.41, 5.74) is 21.1. The molecule has 2 bridgehead atoms. The van der Waals surface area contributed by atoms with Gasteiger partial charge < -0.3 is 105 Å². The van der Waals surface area contributed by atoms with Crippen molar-refractivity contribution in [3.8, 4) is 45.6 Å². The molecule has 8 aromatic rings. The zero-order valence-corrected chi connectivity index (χ0v) is 74.6. The van der Waals surface area contributed by atoms with Crippen LogP contribution >= 0.6 is 0 Å². The van der Waals surface area contributed by atoms with Crippen LogP contribution in [0, 0.1) is 0 Å². The predicted molar refractivity (Wildman–Crippen MR) is 472 cm³/mol. The third-order valence-corrected chi connectivity index (χ3v) is 24.3. The number of aromatic nitrogens is 16. The number of nitrogen functional groups attached to an aromatic ring is 4. The highest BCUT2D eigenvalue weighted by Gasteiger charge is 2.43. The van der Waals surface area contributed by atoms with E-state index in [0.29, 0.717) is 193 Å². The second-order valence-electron chi connectivity index (χ2n) is 35.2. The molecule has 0 unspecified atom stereocenters. The molecule has 9 saturated heterocycles. The molecule has 0 spiro atoms. The summed E-state index contributed by atoms with van der Waals surface area (Å²) in [6, 6.07) is 4.87. The molecule has 8 aromatic heterocycles. The molecule has 1 saturated carbocycles. The van der Waals surface area contributed by atoms with Gasteiger partial charge in [0.2, 0.25) is 47.6 Å². The van der Waals surface area contributed by atoms with Crippen LogP contribution < -0.4 is 62.1 Å². The fourth-order valence-corrected chi connectivity index (χ4v) is 17.0. The highest BCUT2D eigenvalue weighted by Crippen LogP contribution is 2.41. The van der Waals surface area contributed by atoms with Crippen molar-refractivity contribution < 1.29 is 78.1 Å². The first-order valence-electron chi connectivity index (χ1n) is 43.9. The molecule has 17 heterocycles. The van der Waals surface area contributed by atoms with Crippen LogP contribution in [-0.4, -0.2) is 346 Å². The van der Waals surface area contributed by atoms with Crippen molar-refractivity contribution in [2.45, 2.75) is 134 Å². The van der Waals surface area contributed by atoms with Gasteiger partial charge in [-0.05, 0) is 85.6 Å². The predicted octanol–water partition coefficient (Wildman–Crippen LogP) is 6.74. The van der Waals surface area contributed by atoms with E-state index in [1.807, 2.05) is 54.2 Å². The fourth-order valence-electron chi connectivity index (χ4n) is 17.0. The summed E-state index contributed by atoms with van der Waals surface area (Å²) in [5.74, 6) is 3.95. The van der Waals surface area contributed by atoms with Gasteiger partial charge in [0.05, 0.1) is 146 Å². The number of rotatable bonds is 21. The maximum Gasteiger partial charge on any atom is 0.264 e. The lowest BCUT2D eigenvalue weighted by atomic mass is 10.0. The Kier molecular flexibility index (Phi) is 30.1. The van der Waals surface area contributed by atoms with Crippen LogP contribution in [0.25, 0.3) is 45.6 Å². The Labute approximate surface area is 752 Å². The highest BCUT2D eigenvalue weighted by atomic mass is 19.3. The van der Waals surface area contributed by atoms with Gasteiger partial charge >= 0.3 is 0 Å². The van der Waals surface area contributed by atoms with E-state index in [1.165, 1.54) is 55.8 Å². The van der Waals surface area contributed by atoms with Gasteiger partial charge in [0.1, 0.15) is 23.3 Å². The largest absolute Gasteiger partial charge is 0.394 e. The number of alkyl halides is 8. The lowest BCUT2D eigenvalue weighted by Gasteiger charge is -2.46. The molecule has 9 aliphatic heterocycles. The summed E-state index contributed by atoms with van der Waals surface area (Å²) < 4.78 is 155. The molecular formula is C84H114F8N30O9. The first-order valence-corrected chi connectivity index (χ1v) is 43.9. The normalized spacial score (nSPS) is 21.9. The molecule has 0 amide bonds. The van der Waals surface area contributed by atoms with E-state index >= 15 is 0 Å². The first-order chi connectivity index (χ1) is 62.9. The van der Waals surface area contributed by atoms with Crippen molar-refractivity contribution >= 4 is 70.9 Å². The average Bonchev–Trinajstić information content (AvgIpc) is 1.69. The Bertz CT molecular complexity index is 5170. The van der Waals surface area contributed by atoms with E-state index in [0.717, 1.165) is 51.9 Å². The van der Waals surface area contributed by atoms with E-state index < -0.39 is 25.7 Å². The zero-order chi connectivity index (χ0) is 92.6. The van der Waals surface area contributed by atoms with Gasteiger partial charge in [-0.1, -0.05) is 0 Å². The zero-order valence-electron chi connectivity index (χ0n) is 74.6. The molecule has 18 rings (SSSR count). The molecule has 39 nitrogen and oxygen atoms in total. The maximum absolute atomic E-state index is 13.9. The van der Waals surface area contributed by atoms with Crippen molar-refractivity contribution in [1.29, 1.82) is 0 Å². The number of nitrogens with zero attached hydrogens (tertiary/aromatic N) is 26. The number of hydrogen-bond donors (Lipinski definition) is 5. The number of nitrogens with two attached hydrogens (primary N) is 4. The quantitative estimate of drug-likeness (QED) is 0.0465. The molecule has 2 atom stereocenters. The number of hydrogen-bond acceptors (Lipinski definition) is 39. The minimum atomic E-state index is -2.78. The highest BCUT2D eigenvalue weighted by molar-refractivity contribution is 5.69. The summed E-state index contributed by atoms with van der Waals surface area (Å²) in [6.45, 7) is 31.6. The Morgan fingerprint density at radius 1 is 0.389 bits per heavy atom. The van der Waals surface area contributed by atoms with Crippen LogP contribution in [0.15, 0.2) is 49.1 Å². The number of aliphatic hydroxyl groups is 1. The van der Waals surface area contributed by atoms with Crippen LogP contribution in [0.3, 0.4) is 0 Å². The smallest absolute Gasteiger partial charge is 0.264 e. The monoisotopic (exact) mass is 1840 g/mol. The Hall–Kier alpha value is -10.8. The van der Waals surface area contributed by atoms with Gasteiger partial charge in [0.25, 0.3) is 25.7 Å². The summed E-state index contributed by atoms with van der Waals surface area (Å²) in [4.78, 5) is 92.9. The number of piperazine rings is 2. The summed E-state index contributed by atoms with van der Waals surface area (Å²) in [7, 11) is 1.69. The Balaban J connectivity index is 0.000000134. The fraction of sp³-hybridized carbons (Fsp3) is 0.619. The SMILES string of the molecule is CC1(C)COCCN1c1nc(-c2cnc(N)cc2C(F)F)nc(N2C3COCC2COC3)n1.CC1(C)COCCN1c1nc(-c2cnc(N)cc2C(F)F)nc(N2CCN(C3CC3)CC2)n1.COCCN1CCN(c2nc(-c3cnc(N)cc3C(F)F)nc(N3CCOCC3(C)C)n2)CC1.C[C@@H]1COCCN1c1nc(-c2cnc(N)cc2C(F)F)nc(N2CCOC[C@H]2CO)n1. The number of halogens is 8. The Morgan fingerprint density at radius 3 is 1.09 bits per heavy atom. The van der Waals surface area contributed by atoms with Gasteiger partial charge in [-0.25, -0.2) is 55.1 Å². The van der Waals surface area contributed by atoms with Gasteiger partial charge in [-0.3, -0.25) is 9.80 Å². The number of anilines is 12. The first kappa shape index (κ1) is 94.9. The molecule has 10 aliphatic rings. The lowest BCUT2D eigenvalue weighted by Crippen LogP contribution is -2.60. The minimum Gasteiger partial charge on any atom is -0.394 e. The van der Waals surface area contributed by atoms with E-state index in [-0.39, 0.29) is 144 Å². The van der Waals surface area contributed by atoms with Crippen molar-refractivity contribution in [2.24, 2.45) is 0 Å². The molecule has 10 fully saturated rings. The van der Waals surface area contributed by atoms with Crippen molar-refractivity contribution in [2.75, 3.05) is 267 Å². The van der Waals surface area contributed by atoms with Crippen molar-refractivity contribution in [3.05, 3.63) is 71.3 Å². The van der Waals surface area contributed by atoms with Crippen LogP contribution in [0.4, 0.5) is 106 Å². The van der Waals surface area contributed by atoms with E-state index in [2.05, 4.69) is 108 Å². The molecule has 0 radical (unpaired) electrons. The average molecular weight is 1840 g/mol. The van der Waals surface area contributed by atoms with Crippen LogP contribution in [0.5, 0.6) is 0 Å². The molecular weight excluding hydrogens is 1730 g/mol. The lowest BCUT2D eigenvalue weighted by molar-refractivity contribution is -0.0355. The molecule has 9 N–H and O–H groups in total. The third-order valence-electron chi connectivity index (χ3n) is 24.3. The third kappa shape index (κ3) is 22.4. The Morgan fingerprint density at radius 2 is 0.725 bits per heavy atom. The summed E-state index contributed by atoms with van der Waals surface area (Å²) in [6.07, 6.45) is -3.27. The van der Waals surface area contributed by atoms with Gasteiger partial charge in [0, 0.05) is 174 Å². The standard InChI is InChI=1S/C22H32F2N8O2.C22H30F2N8O.C21H27F2N7O3.C19H25F2N7O3/c1-22(2)14-34-11-9-32(22)21-28-19(16-13-26-17(25)12-15(16)18(23)24)27-20(29-21)31-6-4-30(5-7-31)8-10-33-3;1-22(2)13-33-10-9-32(22)21-28-19(16-12-26-17(25)11-15(16)18(23)24)27-20(29-21)31-7-5-30(6-8-31)14-3-4-14;1-21(2)11-31-4-3-29(21)19-26-18(15-6-25-16(24)5-14(15)17(22)23)27-20(28-19)30-12-7-32-9-13(30)10-33-8-12;1-11-9-30-4-2-27(11)18-24-17(14-7-23-15(22)6-13(14)16(20)21)25-19(26-18)28-3-5-31-10-12(28)8-29/h12-13,18H,4-11,14H2,1-3H3,(H2,25,26);11-12,14,18H,3-10,13H2,1-2H3,(H2,25,26);5-6,12-13,17H,3-4,7-11H2,1-2H3,(H2,24,25);6-7,11-12,16,29H,2-5,8-10H2,1H3,(H2,22,23)/t;;;11-,12-/m...1/s1. The number of pyridine rings is 4. The van der Waals surface area contributed by atoms with Gasteiger partial charge in [0.15, 0.2) is 23.3 Å². The second kappa shape index (κ2) is 41.6. The van der Waals surface area contributed by atoms with E-state index in [1.54, 1.807) is 7.11 Å². The summed E-state index contributed by atoms with van der Waals surface area (Å²) in [5, 5.41) is 9.77. The molecule has 710 valence electrons. The van der Waals surface area contributed by atoms with Crippen LogP contribution in [0.1, 0.15) is 109 Å². The number of morpholine rings is 7. The second-order valence-corrected chi connectivity index (χ2v) is 35.2. The van der Waals surface area contributed by atoms with Crippen LogP contribution in [-0.2, 0) is 37.9 Å². The number of aliphatic hydroxyl groups excluding tert-OH is 1. The topological polar surface area (TPSA) is 437 Å². The van der Waals surface area contributed by atoms with Gasteiger partial charge in [-0.2, -0.15) is 59.8 Å². The summed E-state index contributed by atoms with van der Waals surface area (Å²) >= 11 is 0. The van der Waals surface area contributed by atoms with Gasteiger partial charge in [-0.15, -0.1) is 0 Å². The molecule has 47 heteroatoms. The number of methoxy groups -OCH3 is 1. The molecule has 0 aromatic carbocycles.